The van der Waals surface area contributed by atoms with Crippen LogP contribution in [0.25, 0.3) is 10.3 Å². The van der Waals surface area contributed by atoms with E-state index in [1.807, 2.05) is 25.1 Å². The second-order valence-corrected chi connectivity index (χ2v) is 8.84. The summed E-state index contributed by atoms with van der Waals surface area (Å²) in [4.78, 5) is 36.4. The van der Waals surface area contributed by atoms with Gasteiger partial charge < -0.3 is 10.2 Å². The van der Waals surface area contributed by atoms with Crippen molar-refractivity contribution in [3.05, 3.63) is 52.6 Å². The standard InChI is InChI=1S/C22H27N5O2S/c1-16(10-11-17-8-4-2-5-9-17)24-18(28)14-27-15-23-20-19(21(27)29)30-22(25-20)26-12-6-3-7-13-26/h2,4-5,8-9,15-16H,3,6-7,10-14H2,1H3,(H,24,28)/t16-/m0/s1. The van der Waals surface area contributed by atoms with E-state index in [4.69, 9.17) is 0 Å². The van der Waals surface area contributed by atoms with Gasteiger partial charge >= 0.3 is 0 Å². The van der Waals surface area contributed by atoms with Gasteiger partial charge in [-0.1, -0.05) is 41.7 Å². The lowest BCUT2D eigenvalue weighted by Gasteiger charge is -2.25. The number of carbonyl (C=O) groups is 1. The highest BCUT2D eigenvalue weighted by Crippen LogP contribution is 2.27. The average Bonchev–Trinajstić information content (AvgIpc) is 3.21. The van der Waals surface area contributed by atoms with Crippen LogP contribution in [0.3, 0.4) is 0 Å². The average molecular weight is 426 g/mol. The van der Waals surface area contributed by atoms with Crippen LogP contribution >= 0.6 is 11.3 Å². The molecule has 1 aliphatic rings. The van der Waals surface area contributed by atoms with Crippen molar-refractivity contribution in [1.29, 1.82) is 0 Å². The van der Waals surface area contributed by atoms with Crippen LogP contribution in [0.5, 0.6) is 0 Å². The SMILES string of the molecule is C[C@@H](CCc1ccccc1)NC(=O)Cn1cnc2nc(N3CCCCC3)sc2c1=O. The van der Waals surface area contributed by atoms with E-state index in [0.717, 1.165) is 43.9 Å². The van der Waals surface area contributed by atoms with Crippen LogP contribution in [0.1, 0.15) is 38.2 Å². The second-order valence-electron chi connectivity index (χ2n) is 7.87. The van der Waals surface area contributed by atoms with E-state index in [2.05, 4.69) is 32.3 Å². The number of amides is 1. The zero-order chi connectivity index (χ0) is 20.9. The lowest BCUT2D eigenvalue weighted by molar-refractivity contribution is -0.122. The molecule has 0 saturated carbocycles. The molecule has 1 fully saturated rings. The first-order valence-corrected chi connectivity index (χ1v) is 11.4. The molecule has 1 amide bonds. The van der Waals surface area contributed by atoms with Gasteiger partial charge in [-0.05, 0) is 44.6 Å². The quantitative estimate of drug-likeness (QED) is 0.630. The topological polar surface area (TPSA) is 80.1 Å². The monoisotopic (exact) mass is 425 g/mol. The summed E-state index contributed by atoms with van der Waals surface area (Å²) in [5, 5.41) is 3.84. The van der Waals surface area contributed by atoms with Gasteiger partial charge in [0.05, 0.1) is 0 Å². The molecule has 158 valence electrons. The molecular formula is C22H27N5O2S. The first kappa shape index (κ1) is 20.5. The van der Waals surface area contributed by atoms with E-state index < -0.39 is 0 Å². The first-order chi connectivity index (χ1) is 14.6. The fraction of sp³-hybridized carbons (Fsp3) is 0.455. The number of aromatic nitrogens is 3. The zero-order valence-electron chi connectivity index (χ0n) is 17.2. The summed E-state index contributed by atoms with van der Waals surface area (Å²) in [6, 6.07) is 10.2. The van der Waals surface area contributed by atoms with Crippen molar-refractivity contribution in [2.45, 2.75) is 51.6 Å². The fourth-order valence-corrected chi connectivity index (χ4v) is 4.76. The van der Waals surface area contributed by atoms with Crippen molar-refractivity contribution >= 4 is 32.7 Å². The maximum atomic E-state index is 12.9. The molecule has 2 aromatic heterocycles. The van der Waals surface area contributed by atoms with Crippen LogP contribution in [0.4, 0.5) is 5.13 Å². The lowest BCUT2D eigenvalue weighted by atomic mass is 10.1. The van der Waals surface area contributed by atoms with Gasteiger partial charge in [0.25, 0.3) is 5.56 Å². The molecule has 1 aliphatic heterocycles. The van der Waals surface area contributed by atoms with Crippen LogP contribution in [-0.2, 0) is 17.8 Å². The number of benzene rings is 1. The van der Waals surface area contributed by atoms with E-state index in [1.165, 1.54) is 34.2 Å². The van der Waals surface area contributed by atoms with E-state index in [-0.39, 0.29) is 24.1 Å². The van der Waals surface area contributed by atoms with E-state index in [9.17, 15) is 9.59 Å². The minimum absolute atomic E-state index is 0.0270. The normalized spacial score (nSPS) is 15.3. The van der Waals surface area contributed by atoms with Gasteiger partial charge in [-0.2, -0.15) is 4.98 Å². The molecule has 7 nitrogen and oxygen atoms in total. The largest absolute Gasteiger partial charge is 0.352 e. The smallest absolute Gasteiger partial charge is 0.273 e. The van der Waals surface area contributed by atoms with Crippen molar-refractivity contribution in [1.82, 2.24) is 19.9 Å². The summed E-state index contributed by atoms with van der Waals surface area (Å²) in [7, 11) is 0. The van der Waals surface area contributed by atoms with E-state index in [1.54, 1.807) is 0 Å². The number of thiazole rings is 1. The number of rotatable bonds is 7. The van der Waals surface area contributed by atoms with Crippen molar-refractivity contribution in [3.63, 3.8) is 0 Å². The van der Waals surface area contributed by atoms with Crippen molar-refractivity contribution in [2.24, 2.45) is 0 Å². The number of anilines is 1. The Hall–Kier alpha value is -2.74. The van der Waals surface area contributed by atoms with Gasteiger partial charge in [-0.15, -0.1) is 0 Å². The van der Waals surface area contributed by atoms with Gasteiger partial charge in [-0.3, -0.25) is 14.2 Å². The Balaban J connectivity index is 1.38. The van der Waals surface area contributed by atoms with Crippen LogP contribution in [0.2, 0.25) is 0 Å². The molecule has 30 heavy (non-hydrogen) atoms. The predicted molar refractivity (Wildman–Crippen MR) is 120 cm³/mol. The predicted octanol–water partition coefficient (Wildman–Crippen LogP) is 2.98. The van der Waals surface area contributed by atoms with Gasteiger partial charge in [0.1, 0.15) is 17.6 Å². The molecule has 0 radical (unpaired) electrons. The Kier molecular flexibility index (Phi) is 6.42. The zero-order valence-corrected chi connectivity index (χ0v) is 18.0. The third-order valence-electron chi connectivity index (χ3n) is 5.43. The minimum atomic E-state index is -0.201. The summed E-state index contributed by atoms with van der Waals surface area (Å²) < 4.78 is 1.89. The van der Waals surface area contributed by atoms with E-state index in [0.29, 0.717) is 10.3 Å². The fourth-order valence-electron chi connectivity index (χ4n) is 3.74. The molecule has 0 aliphatic carbocycles. The highest BCUT2D eigenvalue weighted by atomic mass is 32.1. The van der Waals surface area contributed by atoms with Crippen LogP contribution < -0.4 is 15.8 Å². The highest BCUT2D eigenvalue weighted by molar-refractivity contribution is 7.22. The number of nitrogens with one attached hydrogen (secondary N) is 1. The van der Waals surface area contributed by atoms with Crippen LogP contribution in [0, 0.1) is 0 Å². The Morgan fingerprint density at radius 3 is 2.73 bits per heavy atom. The Labute approximate surface area is 179 Å². The molecule has 0 bridgehead atoms. The maximum absolute atomic E-state index is 12.9. The van der Waals surface area contributed by atoms with Crippen molar-refractivity contribution in [3.8, 4) is 0 Å². The number of carbonyl (C=O) groups excluding carboxylic acids is 1. The molecule has 0 spiro atoms. The number of piperidine rings is 1. The third-order valence-corrected chi connectivity index (χ3v) is 6.52. The summed E-state index contributed by atoms with van der Waals surface area (Å²) in [6.07, 6.45) is 6.71. The number of nitrogens with zero attached hydrogens (tertiary/aromatic N) is 4. The van der Waals surface area contributed by atoms with Crippen LogP contribution in [-0.4, -0.2) is 39.6 Å². The minimum Gasteiger partial charge on any atom is -0.352 e. The summed E-state index contributed by atoms with van der Waals surface area (Å²) in [6.45, 7) is 3.89. The highest BCUT2D eigenvalue weighted by Gasteiger charge is 2.18. The molecule has 1 saturated heterocycles. The molecule has 1 aromatic carbocycles. The first-order valence-electron chi connectivity index (χ1n) is 10.5. The van der Waals surface area contributed by atoms with E-state index >= 15 is 0 Å². The van der Waals surface area contributed by atoms with Crippen molar-refractivity contribution < 1.29 is 4.79 Å². The molecule has 0 unspecified atom stereocenters. The number of hydrogen-bond acceptors (Lipinski definition) is 6. The van der Waals surface area contributed by atoms with Gasteiger partial charge in [-0.25, -0.2) is 4.98 Å². The molecule has 1 N–H and O–H groups in total. The third kappa shape index (κ3) is 4.87. The lowest BCUT2D eigenvalue weighted by Crippen LogP contribution is -2.37. The number of fused-ring (bicyclic) bond motifs is 1. The van der Waals surface area contributed by atoms with Gasteiger partial charge in [0, 0.05) is 19.1 Å². The summed E-state index contributed by atoms with van der Waals surface area (Å²) >= 11 is 1.38. The molecule has 4 rings (SSSR count). The van der Waals surface area contributed by atoms with Gasteiger partial charge in [0.2, 0.25) is 5.91 Å². The number of hydrogen-bond donors (Lipinski definition) is 1. The molecule has 1 atom stereocenters. The van der Waals surface area contributed by atoms with Gasteiger partial charge in [0.15, 0.2) is 10.8 Å². The number of aryl methyl sites for hydroxylation is 1. The Morgan fingerprint density at radius 1 is 1.20 bits per heavy atom. The summed E-state index contributed by atoms with van der Waals surface area (Å²) in [5.74, 6) is -0.181. The molecule has 3 heterocycles. The Morgan fingerprint density at radius 2 is 1.97 bits per heavy atom. The summed E-state index contributed by atoms with van der Waals surface area (Å²) in [5.41, 5.74) is 1.52. The Bertz CT molecular complexity index is 1060. The molecule has 3 aromatic rings. The molecular weight excluding hydrogens is 398 g/mol. The molecule has 8 heteroatoms. The van der Waals surface area contributed by atoms with Crippen LogP contribution in [0.15, 0.2) is 41.5 Å². The maximum Gasteiger partial charge on any atom is 0.273 e. The van der Waals surface area contributed by atoms with Crippen molar-refractivity contribution in [2.75, 3.05) is 18.0 Å². The second kappa shape index (κ2) is 9.38.